The van der Waals surface area contributed by atoms with Gasteiger partial charge < -0.3 is 10.5 Å². The molecule has 0 bridgehead atoms. The van der Waals surface area contributed by atoms with Gasteiger partial charge in [0.1, 0.15) is 0 Å². The molecule has 4 rings (SSSR count). The fraction of sp³-hybridized carbons (Fsp3) is 0.105. The second kappa shape index (κ2) is 5.74. The van der Waals surface area contributed by atoms with E-state index in [1.54, 1.807) is 0 Å². The van der Waals surface area contributed by atoms with Gasteiger partial charge in [-0.15, -0.1) is 0 Å². The molecule has 140 valence electrons. The number of hydrogen-bond donors (Lipinski definition) is 1. The molecule has 2 aromatic carbocycles. The maximum Gasteiger partial charge on any atom is 0.343 e. The molecule has 0 saturated carbocycles. The summed E-state index contributed by atoms with van der Waals surface area (Å²) in [7, 11) is 2.68. The van der Waals surface area contributed by atoms with Gasteiger partial charge >= 0.3 is 5.97 Å². The van der Waals surface area contributed by atoms with Crippen molar-refractivity contribution in [2.75, 3.05) is 19.8 Å². The molecule has 4 amide bonds. The summed E-state index contributed by atoms with van der Waals surface area (Å²) in [5.74, 6) is -2.95. The lowest BCUT2D eigenvalue weighted by Crippen LogP contribution is -2.24. The number of carbonyl (C=O) groups excluding carboxylic acids is 5. The molecule has 0 aromatic heterocycles. The third kappa shape index (κ3) is 2.22. The lowest BCUT2D eigenvalue weighted by atomic mass is 10.1. The van der Waals surface area contributed by atoms with E-state index in [9.17, 15) is 24.0 Å². The van der Waals surface area contributed by atoms with Crippen LogP contribution in [0.1, 0.15) is 51.8 Å². The number of nitrogen functional groups attached to an aromatic ring is 1. The van der Waals surface area contributed by atoms with Gasteiger partial charge in [0.25, 0.3) is 23.6 Å². The number of nitrogens with zero attached hydrogens (tertiary/aromatic N) is 2. The van der Waals surface area contributed by atoms with E-state index >= 15 is 0 Å². The highest BCUT2D eigenvalue weighted by molar-refractivity contribution is 6.24. The SMILES string of the molecule is CN1C(=O)c2ccc(C(=O)Oc3ccc4c(c3N)C(=O)N(C)C4=O)cc2C1=O. The molecule has 9 nitrogen and oxygen atoms in total. The fourth-order valence-electron chi connectivity index (χ4n) is 3.19. The Morgan fingerprint density at radius 1 is 0.821 bits per heavy atom. The van der Waals surface area contributed by atoms with E-state index in [-0.39, 0.29) is 39.3 Å². The van der Waals surface area contributed by atoms with Gasteiger partial charge in [-0.3, -0.25) is 29.0 Å². The Hall–Kier alpha value is -4.01. The number of hydrogen-bond acceptors (Lipinski definition) is 7. The van der Waals surface area contributed by atoms with Gasteiger partial charge in [-0.05, 0) is 30.3 Å². The van der Waals surface area contributed by atoms with Crippen molar-refractivity contribution in [3.8, 4) is 5.75 Å². The predicted octanol–water partition coefficient (Wildman–Crippen LogP) is 0.940. The second-order valence-electron chi connectivity index (χ2n) is 6.39. The Morgan fingerprint density at radius 2 is 1.39 bits per heavy atom. The summed E-state index contributed by atoms with van der Waals surface area (Å²) in [4.78, 5) is 62.5. The largest absolute Gasteiger partial charge is 0.421 e. The van der Waals surface area contributed by atoms with Crippen LogP contribution in [0.15, 0.2) is 30.3 Å². The van der Waals surface area contributed by atoms with Crippen LogP contribution in [0.4, 0.5) is 5.69 Å². The van der Waals surface area contributed by atoms with E-state index in [4.69, 9.17) is 10.5 Å². The third-order valence-corrected chi connectivity index (χ3v) is 4.79. The Bertz CT molecular complexity index is 1140. The first-order chi connectivity index (χ1) is 13.2. The van der Waals surface area contributed by atoms with Gasteiger partial charge in [-0.25, -0.2) is 4.79 Å². The maximum atomic E-state index is 12.5. The molecule has 2 aromatic rings. The van der Waals surface area contributed by atoms with E-state index in [2.05, 4.69) is 0 Å². The summed E-state index contributed by atoms with van der Waals surface area (Å²) in [5, 5.41) is 0. The number of nitrogens with two attached hydrogens (primary N) is 1. The van der Waals surface area contributed by atoms with Crippen molar-refractivity contribution >= 4 is 35.3 Å². The van der Waals surface area contributed by atoms with Crippen LogP contribution in [0.3, 0.4) is 0 Å². The van der Waals surface area contributed by atoms with Crippen molar-refractivity contribution < 1.29 is 28.7 Å². The minimum Gasteiger partial charge on any atom is -0.421 e. The lowest BCUT2D eigenvalue weighted by molar-refractivity contribution is 0.0677. The number of benzene rings is 2. The third-order valence-electron chi connectivity index (χ3n) is 4.79. The fourth-order valence-corrected chi connectivity index (χ4v) is 3.19. The molecule has 2 aliphatic rings. The van der Waals surface area contributed by atoms with Crippen molar-refractivity contribution in [2.24, 2.45) is 0 Å². The molecule has 0 atom stereocenters. The molecule has 0 radical (unpaired) electrons. The standard InChI is InChI=1S/C19H13N3O6/c1-21-15(23)9-4-3-8(7-11(9)17(21)25)19(27)28-12-6-5-10-13(14(12)20)18(26)22(2)16(10)24/h3-7H,20H2,1-2H3. The van der Waals surface area contributed by atoms with Gasteiger partial charge in [0.15, 0.2) is 5.75 Å². The minimum atomic E-state index is -0.825. The summed E-state index contributed by atoms with van der Waals surface area (Å²) in [5.41, 5.74) is 6.27. The Labute approximate surface area is 158 Å². The first-order valence-electron chi connectivity index (χ1n) is 8.16. The van der Waals surface area contributed by atoms with Crippen LogP contribution in [0.2, 0.25) is 0 Å². The smallest absolute Gasteiger partial charge is 0.343 e. The number of imide groups is 2. The van der Waals surface area contributed by atoms with Crippen LogP contribution in [0, 0.1) is 0 Å². The minimum absolute atomic E-state index is 0.0193. The Balaban J connectivity index is 1.66. The highest BCUT2D eigenvalue weighted by atomic mass is 16.5. The predicted molar refractivity (Wildman–Crippen MR) is 95.1 cm³/mol. The molecule has 2 N–H and O–H groups in total. The van der Waals surface area contributed by atoms with Crippen molar-refractivity contribution in [1.82, 2.24) is 9.80 Å². The van der Waals surface area contributed by atoms with Gasteiger partial charge in [-0.1, -0.05) is 0 Å². The highest BCUT2D eigenvalue weighted by Crippen LogP contribution is 2.34. The molecule has 0 fully saturated rings. The van der Waals surface area contributed by atoms with Crippen LogP contribution in [0.25, 0.3) is 0 Å². The number of amides is 4. The van der Waals surface area contributed by atoms with Crippen LogP contribution < -0.4 is 10.5 Å². The van der Waals surface area contributed by atoms with Crippen LogP contribution >= 0.6 is 0 Å². The van der Waals surface area contributed by atoms with Gasteiger partial charge in [0, 0.05) is 14.1 Å². The Kier molecular flexibility index (Phi) is 3.57. The summed E-state index contributed by atoms with van der Waals surface area (Å²) in [6, 6.07) is 6.69. The zero-order valence-corrected chi connectivity index (χ0v) is 14.8. The van der Waals surface area contributed by atoms with Crippen LogP contribution in [-0.2, 0) is 0 Å². The zero-order chi connectivity index (χ0) is 20.3. The number of fused-ring (bicyclic) bond motifs is 2. The molecule has 28 heavy (non-hydrogen) atoms. The molecule has 0 unspecified atom stereocenters. The zero-order valence-electron chi connectivity index (χ0n) is 14.8. The monoisotopic (exact) mass is 379 g/mol. The molecule has 9 heteroatoms. The Morgan fingerprint density at radius 3 is 2.11 bits per heavy atom. The van der Waals surface area contributed by atoms with Crippen molar-refractivity contribution in [2.45, 2.75) is 0 Å². The van der Waals surface area contributed by atoms with E-state index in [1.807, 2.05) is 0 Å². The van der Waals surface area contributed by atoms with E-state index < -0.39 is 29.6 Å². The quantitative estimate of drug-likeness (QED) is 0.356. The van der Waals surface area contributed by atoms with Crippen molar-refractivity contribution in [3.63, 3.8) is 0 Å². The number of rotatable bonds is 2. The average molecular weight is 379 g/mol. The summed E-state index contributed by atoms with van der Waals surface area (Å²) in [6.45, 7) is 0. The number of anilines is 1. The number of carbonyl (C=O) groups is 5. The van der Waals surface area contributed by atoms with Gasteiger partial charge in [0.05, 0.1) is 33.5 Å². The average Bonchev–Trinajstić information content (AvgIpc) is 3.04. The molecule has 0 saturated heterocycles. The maximum absolute atomic E-state index is 12.5. The second-order valence-corrected chi connectivity index (χ2v) is 6.39. The summed E-state index contributed by atoms with van der Waals surface area (Å²) >= 11 is 0. The highest BCUT2D eigenvalue weighted by Gasteiger charge is 2.36. The normalized spacial score (nSPS) is 15.2. The molecule has 0 aliphatic carbocycles. The van der Waals surface area contributed by atoms with E-state index in [0.717, 1.165) is 9.80 Å². The van der Waals surface area contributed by atoms with Crippen molar-refractivity contribution in [1.29, 1.82) is 0 Å². The van der Waals surface area contributed by atoms with Gasteiger partial charge in [-0.2, -0.15) is 0 Å². The van der Waals surface area contributed by atoms with Crippen molar-refractivity contribution in [3.05, 3.63) is 58.1 Å². The van der Waals surface area contributed by atoms with E-state index in [1.165, 1.54) is 44.4 Å². The topological polar surface area (TPSA) is 127 Å². The first-order valence-corrected chi connectivity index (χ1v) is 8.16. The first kappa shape index (κ1) is 17.4. The van der Waals surface area contributed by atoms with Crippen LogP contribution in [-0.4, -0.2) is 53.5 Å². The summed E-state index contributed by atoms with van der Waals surface area (Å²) in [6.07, 6.45) is 0. The molecular formula is C19H13N3O6. The molecule has 2 heterocycles. The van der Waals surface area contributed by atoms with Gasteiger partial charge in [0.2, 0.25) is 0 Å². The van der Waals surface area contributed by atoms with E-state index in [0.29, 0.717) is 0 Å². The lowest BCUT2D eigenvalue weighted by Gasteiger charge is -2.10. The molecule has 0 spiro atoms. The number of esters is 1. The number of ether oxygens (including phenoxy) is 1. The summed E-state index contributed by atoms with van der Waals surface area (Å²) < 4.78 is 5.27. The molecule has 2 aliphatic heterocycles. The van der Waals surface area contributed by atoms with Crippen LogP contribution in [0.5, 0.6) is 5.75 Å². The molecular weight excluding hydrogens is 366 g/mol.